The average Bonchev–Trinajstić information content (AvgIpc) is 2.46. The predicted octanol–water partition coefficient (Wildman–Crippen LogP) is 1.77. The van der Waals surface area contributed by atoms with E-state index in [0.29, 0.717) is 10.0 Å². The van der Waals surface area contributed by atoms with Crippen molar-refractivity contribution in [2.75, 3.05) is 20.8 Å². The first kappa shape index (κ1) is 17.1. The van der Waals surface area contributed by atoms with Gasteiger partial charge in [-0.25, -0.2) is 0 Å². The summed E-state index contributed by atoms with van der Waals surface area (Å²) in [6.07, 6.45) is 0. The minimum Gasteiger partial charge on any atom is -0.468 e. The Kier molecular flexibility index (Phi) is 6.29. The van der Waals surface area contributed by atoms with E-state index >= 15 is 0 Å². The number of ether oxygens (including phenoxy) is 2. The molecule has 0 aliphatic heterocycles. The van der Waals surface area contributed by atoms with Crippen LogP contribution >= 0.6 is 15.9 Å². The Morgan fingerprint density at radius 3 is 2.19 bits per heavy atom. The van der Waals surface area contributed by atoms with Crippen molar-refractivity contribution in [2.24, 2.45) is 5.92 Å². The molecule has 0 radical (unpaired) electrons. The Bertz CT molecular complexity index is 531. The minimum atomic E-state index is -1.40. The standard InChI is InChI=1S/C13H14BrNO6/c1-20-12(16)11(13(17)21-2)9(7-15(18)19)8-5-3-4-6-10(8)14/h3-6,9,11H,7H2,1-2H3/t9-/m0/s1. The van der Waals surface area contributed by atoms with E-state index in [1.165, 1.54) is 0 Å². The SMILES string of the molecule is COC(=O)C(C(=O)OC)[C@@H](C[N+](=O)[O-])c1ccccc1Br. The van der Waals surface area contributed by atoms with Crippen LogP contribution in [0.15, 0.2) is 28.7 Å². The fraction of sp³-hybridized carbons (Fsp3) is 0.385. The van der Waals surface area contributed by atoms with Crippen molar-refractivity contribution in [1.29, 1.82) is 0 Å². The number of rotatable bonds is 6. The van der Waals surface area contributed by atoms with Gasteiger partial charge in [0.05, 0.1) is 20.1 Å². The molecule has 0 unspecified atom stereocenters. The van der Waals surface area contributed by atoms with Crippen LogP contribution in [0.25, 0.3) is 0 Å². The summed E-state index contributed by atoms with van der Waals surface area (Å²) in [5.41, 5.74) is 0.468. The van der Waals surface area contributed by atoms with Crippen LogP contribution in [0, 0.1) is 16.0 Å². The topological polar surface area (TPSA) is 95.7 Å². The highest BCUT2D eigenvalue weighted by molar-refractivity contribution is 9.10. The summed E-state index contributed by atoms with van der Waals surface area (Å²) in [7, 11) is 2.23. The first-order chi connectivity index (χ1) is 9.92. The lowest BCUT2D eigenvalue weighted by atomic mass is 9.86. The normalized spacial score (nSPS) is 11.8. The summed E-state index contributed by atoms with van der Waals surface area (Å²) in [4.78, 5) is 34.0. The Morgan fingerprint density at radius 2 is 1.76 bits per heavy atom. The van der Waals surface area contributed by atoms with Gasteiger partial charge in [-0.05, 0) is 11.6 Å². The Balaban J connectivity index is 3.33. The molecule has 1 rings (SSSR count). The highest BCUT2D eigenvalue weighted by Gasteiger charge is 2.41. The summed E-state index contributed by atoms with van der Waals surface area (Å²) < 4.78 is 9.73. The second-order valence-electron chi connectivity index (χ2n) is 4.17. The van der Waals surface area contributed by atoms with Crippen LogP contribution in [0.4, 0.5) is 0 Å². The molecule has 0 fully saturated rings. The predicted molar refractivity (Wildman–Crippen MR) is 76.3 cm³/mol. The Morgan fingerprint density at radius 1 is 1.24 bits per heavy atom. The van der Waals surface area contributed by atoms with Gasteiger partial charge in [0.25, 0.3) is 0 Å². The molecule has 1 aromatic carbocycles. The zero-order chi connectivity index (χ0) is 16.0. The van der Waals surface area contributed by atoms with Crippen LogP contribution in [-0.2, 0) is 19.1 Å². The van der Waals surface area contributed by atoms with E-state index in [2.05, 4.69) is 25.4 Å². The van der Waals surface area contributed by atoms with Gasteiger partial charge in [0.1, 0.15) is 0 Å². The summed E-state index contributed by atoms with van der Waals surface area (Å²) >= 11 is 3.27. The van der Waals surface area contributed by atoms with Crippen molar-refractivity contribution in [3.63, 3.8) is 0 Å². The quantitative estimate of drug-likeness (QED) is 0.332. The maximum atomic E-state index is 11.9. The van der Waals surface area contributed by atoms with E-state index in [9.17, 15) is 19.7 Å². The van der Waals surface area contributed by atoms with Crippen LogP contribution in [-0.4, -0.2) is 37.6 Å². The smallest absolute Gasteiger partial charge is 0.320 e. The maximum Gasteiger partial charge on any atom is 0.320 e. The highest BCUT2D eigenvalue weighted by Crippen LogP contribution is 2.32. The van der Waals surface area contributed by atoms with E-state index in [4.69, 9.17) is 0 Å². The molecular weight excluding hydrogens is 346 g/mol. The number of halogens is 1. The minimum absolute atomic E-state index is 0.468. The average molecular weight is 360 g/mol. The second kappa shape index (κ2) is 7.72. The lowest BCUT2D eigenvalue weighted by molar-refractivity contribution is -0.484. The molecule has 0 saturated heterocycles. The van der Waals surface area contributed by atoms with Gasteiger partial charge in [-0.3, -0.25) is 19.7 Å². The second-order valence-corrected chi connectivity index (χ2v) is 5.02. The van der Waals surface area contributed by atoms with Crippen LogP contribution < -0.4 is 0 Å². The van der Waals surface area contributed by atoms with E-state index in [-0.39, 0.29) is 0 Å². The monoisotopic (exact) mass is 359 g/mol. The molecule has 0 spiro atoms. The first-order valence-electron chi connectivity index (χ1n) is 5.94. The van der Waals surface area contributed by atoms with Gasteiger partial charge in [-0.2, -0.15) is 0 Å². The molecule has 1 aromatic rings. The van der Waals surface area contributed by atoms with E-state index in [1.54, 1.807) is 24.3 Å². The lowest BCUT2D eigenvalue weighted by Gasteiger charge is -2.21. The van der Waals surface area contributed by atoms with Gasteiger partial charge in [0.15, 0.2) is 5.92 Å². The number of hydrogen-bond donors (Lipinski definition) is 0. The molecule has 0 aromatic heterocycles. The lowest BCUT2D eigenvalue weighted by Crippen LogP contribution is -2.35. The Labute approximate surface area is 129 Å². The molecule has 8 heteroatoms. The summed E-state index contributed by atoms with van der Waals surface area (Å²) in [6, 6.07) is 6.67. The molecule has 114 valence electrons. The third-order valence-corrected chi connectivity index (χ3v) is 3.69. The van der Waals surface area contributed by atoms with Crippen LogP contribution in [0.1, 0.15) is 11.5 Å². The number of benzene rings is 1. The van der Waals surface area contributed by atoms with Gasteiger partial charge < -0.3 is 9.47 Å². The van der Waals surface area contributed by atoms with Crippen molar-refractivity contribution >= 4 is 27.9 Å². The number of methoxy groups -OCH3 is 2. The number of carbonyl (C=O) groups is 2. The van der Waals surface area contributed by atoms with Gasteiger partial charge in [0, 0.05) is 9.40 Å². The van der Waals surface area contributed by atoms with E-state index in [0.717, 1.165) is 14.2 Å². The number of esters is 2. The summed E-state index contributed by atoms with van der Waals surface area (Å²) in [6.45, 7) is -0.600. The van der Waals surface area contributed by atoms with Crippen molar-refractivity contribution in [2.45, 2.75) is 5.92 Å². The third kappa shape index (κ3) is 4.25. The fourth-order valence-electron chi connectivity index (χ4n) is 2.00. The van der Waals surface area contributed by atoms with Crippen LogP contribution in [0.3, 0.4) is 0 Å². The van der Waals surface area contributed by atoms with E-state index in [1.807, 2.05) is 0 Å². The fourth-order valence-corrected chi connectivity index (χ4v) is 2.58. The van der Waals surface area contributed by atoms with Crippen molar-refractivity contribution in [1.82, 2.24) is 0 Å². The van der Waals surface area contributed by atoms with Crippen LogP contribution in [0.2, 0.25) is 0 Å². The number of hydrogen-bond acceptors (Lipinski definition) is 6. The molecule has 21 heavy (non-hydrogen) atoms. The first-order valence-corrected chi connectivity index (χ1v) is 6.73. The van der Waals surface area contributed by atoms with Gasteiger partial charge in [0.2, 0.25) is 6.54 Å². The zero-order valence-electron chi connectivity index (χ0n) is 11.4. The molecule has 0 aliphatic carbocycles. The van der Waals surface area contributed by atoms with E-state index < -0.39 is 35.2 Å². The molecule has 0 saturated carbocycles. The molecule has 0 N–H and O–H groups in total. The van der Waals surface area contributed by atoms with Crippen molar-refractivity contribution in [3.05, 3.63) is 44.4 Å². The molecule has 1 atom stereocenters. The molecule has 0 aliphatic rings. The number of carbonyl (C=O) groups excluding carboxylic acids is 2. The molecule has 0 bridgehead atoms. The van der Waals surface area contributed by atoms with Crippen molar-refractivity contribution < 1.29 is 24.0 Å². The molecule has 0 heterocycles. The van der Waals surface area contributed by atoms with Gasteiger partial charge in [-0.1, -0.05) is 34.1 Å². The number of nitro groups is 1. The number of nitrogens with zero attached hydrogens (tertiary/aromatic N) is 1. The van der Waals surface area contributed by atoms with Crippen molar-refractivity contribution in [3.8, 4) is 0 Å². The maximum absolute atomic E-state index is 11.9. The van der Waals surface area contributed by atoms with Gasteiger partial charge in [-0.15, -0.1) is 0 Å². The third-order valence-electron chi connectivity index (χ3n) is 2.96. The summed E-state index contributed by atoms with van der Waals surface area (Å²) in [5, 5.41) is 10.9. The summed E-state index contributed by atoms with van der Waals surface area (Å²) in [5.74, 6) is -4.13. The molecule has 0 amide bonds. The highest BCUT2D eigenvalue weighted by atomic mass is 79.9. The molecular formula is C13H14BrNO6. The molecule has 7 nitrogen and oxygen atoms in total. The largest absolute Gasteiger partial charge is 0.468 e. The zero-order valence-corrected chi connectivity index (χ0v) is 13.0. The van der Waals surface area contributed by atoms with Crippen LogP contribution in [0.5, 0.6) is 0 Å². The van der Waals surface area contributed by atoms with Gasteiger partial charge >= 0.3 is 11.9 Å². The Hall–Kier alpha value is -1.96.